The maximum absolute atomic E-state index is 13.0. The van der Waals surface area contributed by atoms with Gasteiger partial charge in [-0.05, 0) is 42.6 Å². The second-order valence-electron chi connectivity index (χ2n) is 8.60. The molecule has 1 fully saturated rings. The Morgan fingerprint density at radius 1 is 1.09 bits per heavy atom. The zero-order valence-electron chi connectivity index (χ0n) is 19.8. The number of methoxy groups -OCH3 is 1. The van der Waals surface area contributed by atoms with Crippen LogP contribution in [0.15, 0.2) is 54.6 Å². The molecule has 0 amide bonds. The van der Waals surface area contributed by atoms with Gasteiger partial charge in [0.15, 0.2) is 5.60 Å². The Kier molecular flexibility index (Phi) is 9.35. The number of hydrogen-bond acceptors (Lipinski definition) is 5. The van der Waals surface area contributed by atoms with E-state index in [2.05, 4.69) is 36.0 Å². The summed E-state index contributed by atoms with van der Waals surface area (Å²) in [5.41, 5.74) is 0.137. The molecule has 1 atom stereocenters. The smallest absolute Gasteiger partial charge is 0.357 e. The number of esters is 1. The molecule has 2 aromatic rings. The van der Waals surface area contributed by atoms with Crippen molar-refractivity contribution in [1.82, 2.24) is 4.90 Å². The molecule has 0 radical (unpaired) electrons. The van der Waals surface area contributed by atoms with E-state index in [4.69, 9.17) is 9.47 Å². The Morgan fingerprint density at radius 3 is 2.42 bits per heavy atom. The summed E-state index contributed by atoms with van der Waals surface area (Å²) >= 11 is 0. The Balaban J connectivity index is 1.57. The monoisotopic (exact) mass is 449 g/mol. The van der Waals surface area contributed by atoms with E-state index in [-0.39, 0.29) is 5.92 Å². The highest BCUT2D eigenvalue weighted by Crippen LogP contribution is 2.40. The fraction of sp³-hybridized carbons (Fsp3) is 0.464. The van der Waals surface area contributed by atoms with E-state index in [1.807, 2.05) is 30.3 Å². The SMILES string of the molecule is CCN(CCC#COC(=O)C(O)(c1ccccc1)C1CCCCC1)Cc1ccc(OC)cc1. The quantitative estimate of drug-likeness (QED) is 0.437. The lowest BCUT2D eigenvalue weighted by atomic mass is 9.73. The number of benzene rings is 2. The van der Waals surface area contributed by atoms with Gasteiger partial charge < -0.3 is 14.6 Å². The van der Waals surface area contributed by atoms with E-state index in [1.165, 1.54) is 5.56 Å². The molecule has 3 rings (SSSR count). The number of ether oxygens (including phenoxy) is 2. The third kappa shape index (κ3) is 6.60. The highest BCUT2D eigenvalue weighted by atomic mass is 16.5. The lowest BCUT2D eigenvalue weighted by Gasteiger charge is -2.36. The summed E-state index contributed by atoms with van der Waals surface area (Å²) in [5.74, 6) is 2.97. The molecule has 0 aliphatic heterocycles. The highest BCUT2D eigenvalue weighted by Gasteiger charge is 2.47. The van der Waals surface area contributed by atoms with Crippen molar-refractivity contribution < 1.29 is 19.4 Å². The molecule has 176 valence electrons. The largest absolute Gasteiger partial charge is 0.497 e. The minimum absolute atomic E-state index is 0.150. The van der Waals surface area contributed by atoms with Crippen LogP contribution < -0.4 is 4.74 Å². The van der Waals surface area contributed by atoms with Gasteiger partial charge in [-0.1, -0.05) is 74.6 Å². The fourth-order valence-corrected chi connectivity index (χ4v) is 4.50. The first-order valence-corrected chi connectivity index (χ1v) is 11.9. The van der Waals surface area contributed by atoms with Crippen molar-refractivity contribution in [1.29, 1.82) is 0 Å². The van der Waals surface area contributed by atoms with E-state index in [0.717, 1.165) is 57.5 Å². The molecule has 1 N–H and O–H groups in total. The van der Waals surface area contributed by atoms with E-state index in [1.54, 1.807) is 19.2 Å². The zero-order valence-corrected chi connectivity index (χ0v) is 19.8. The molecule has 1 aliphatic rings. The van der Waals surface area contributed by atoms with Gasteiger partial charge >= 0.3 is 5.97 Å². The number of rotatable bonds is 9. The van der Waals surface area contributed by atoms with Crippen LogP contribution in [0.5, 0.6) is 5.75 Å². The normalized spacial score (nSPS) is 15.9. The van der Waals surface area contributed by atoms with Crippen molar-refractivity contribution in [3.05, 3.63) is 65.7 Å². The topological polar surface area (TPSA) is 59.0 Å². The average molecular weight is 450 g/mol. The van der Waals surface area contributed by atoms with Gasteiger partial charge in [-0.2, -0.15) is 0 Å². The van der Waals surface area contributed by atoms with Crippen LogP contribution >= 0.6 is 0 Å². The standard InChI is InChI=1S/C28H35NO4/c1-3-29(22-23-16-18-26(32-2)19-17-23)20-10-11-21-33-27(30)28(31,24-12-6-4-7-13-24)25-14-8-5-9-15-25/h4,6-7,12-13,16-19,25,31H,3,5,8-10,14-15,20,22H2,1-2H3. The molecule has 0 bridgehead atoms. The summed E-state index contributed by atoms with van der Waals surface area (Å²) in [6.07, 6.45) is 7.92. The van der Waals surface area contributed by atoms with Crippen molar-refractivity contribution >= 4 is 5.97 Å². The van der Waals surface area contributed by atoms with Crippen molar-refractivity contribution in [2.24, 2.45) is 5.92 Å². The number of carbonyl (C=O) groups excluding carboxylic acids is 1. The molecular formula is C28H35NO4. The zero-order chi connectivity index (χ0) is 23.5. The van der Waals surface area contributed by atoms with Gasteiger partial charge in [-0.3, -0.25) is 4.90 Å². The molecule has 2 aromatic carbocycles. The van der Waals surface area contributed by atoms with E-state index in [9.17, 15) is 9.90 Å². The van der Waals surface area contributed by atoms with E-state index >= 15 is 0 Å². The van der Waals surface area contributed by atoms with Crippen molar-refractivity contribution in [2.45, 2.75) is 57.6 Å². The first-order valence-electron chi connectivity index (χ1n) is 11.9. The van der Waals surface area contributed by atoms with Crippen molar-refractivity contribution in [3.8, 4) is 17.8 Å². The Hall–Kier alpha value is -2.81. The summed E-state index contributed by atoms with van der Waals surface area (Å²) in [7, 11) is 1.66. The number of aliphatic hydroxyl groups is 1. The Bertz CT molecular complexity index is 926. The van der Waals surface area contributed by atoms with Crippen LogP contribution in [0, 0.1) is 17.9 Å². The molecule has 5 heteroatoms. The number of carbonyl (C=O) groups is 1. The summed E-state index contributed by atoms with van der Waals surface area (Å²) < 4.78 is 10.5. The summed E-state index contributed by atoms with van der Waals surface area (Å²) in [5, 5.41) is 11.5. The third-order valence-corrected chi connectivity index (χ3v) is 6.50. The maximum Gasteiger partial charge on any atom is 0.357 e. The molecule has 0 heterocycles. The summed E-state index contributed by atoms with van der Waals surface area (Å²) in [4.78, 5) is 15.3. The molecule has 0 saturated heterocycles. The van der Waals surface area contributed by atoms with Gasteiger partial charge in [-0.25, -0.2) is 4.79 Å². The molecular weight excluding hydrogens is 414 g/mol. The molecule has 1 unspecified atom stereocenters. The minimum atomic E-state index is -1.65. The average Bonchev–Trinajstić information content (AvgIpc) is 2.88. The second kappa shape index (κ2) is 12.4. The van der Waals surface area contributed by atoms with Crippen molar-refractivity contribution in [3.63, 3.8) is 0 Å². The van der Waals surface area contributed by atoms with Crippen LogP contribution in [0.2, 0.25) is 0 Å². The first kappa shape index (κ1) is 24.8. The van der Waals surface area contributed by atoms with Gasteiger partial charge in [0.25, 0.3) is 0 Å². The lowest BCUT2D eigenvalue weighted by Crippen LogP contribution is -2.44. The lowest BCUT2D eigenvalue weighted by molar-refractivity contribution is -0.168. The molecule has 1 saturated carbocycles. The van der Waals surface area contributed by atoms with Crippen LogP contribution in [0.1, 0.15) is 56.6 Å². The van der Waals surface area contributed by atoms with Crippen LogP contribution in [0.3, 0.4) is 0 Å². The highest BCUT2D eigenvalue weighted by molar-refractivity contribution is 5.82. The fourth-order valence-electron chi connectivity index (χ4n) is 4.50. The van der Waals surface area contributed by atoms with Crippen LogP contribution in [0.25, 0.3) is 0 Å². The molecule has 33 heavy (non-hydrogen) atoms. The van der Waals surface area contributed by atoms with Crippen molar-refractivity contribution in [2.75, 3.05) is 20.2 Å². The van der Waals surface area contributed by atoms with Crippen LogP contribution in [-0.4, -0.2) is 36.2 Å². The van der Waals surface area contributed by atoms with Gasteiger partial charge in [-0.15, -0.1) is 0 Å². The van der Waals surface area contributed by atoms with Gasteiger partial charge in [0.2, 0.25) is 0 Å². The van der Waals surface area contributed by atoms with Gasteiger partial charge in [0.05, 0.1) is 7.11 Å². The number of hydrogen-bond donors (Lipinski definition) is 1. The Labute approximate surface area is 197 Å². The van der Waals surface area contributed by atoms with E-state index in [0.29, 0.717) is 12.0 Å². The first-order chi connectivity index (χ1) is 16.1. The minimum Gasteiger partial charge on any atom is -0.497 e. The summed E-state index contributed by atoms with van der Waals surface area (Å²) in [6, 6.07) is 17.2. The second-order valence-corrected chi connectivity index (χ2v) is 8.60. The van der Waals surface area contributed by atoms with Gasteiger partial charge in [0.1, 0.15) is 11.9 Å². The van der Waals surface area contributed by atoms with Gasteiger partial charge in [0, 0.05) is 25.4 Å². The third-order valence-electron chi connectivity index (χ3n) is 6.50. The predicted octanol–water partition coefficient (Wildman–Crippen LogP) is 4.88. The maximum atomic E-state index is 13.0. The molecule has 0 aromatic heterocycles. The molecule has 1 aliphatic carbocycles. The van der Waals surface area contributed by atoms with Crippen LogP contribution in [-0.2, 0) is 21.7 Å². The molecule has 0 spiro atoms. The predicted molar refractivity (Wildman–Crippen MR) is 129 cm³/mol. The summed E-state index contributed by atoms with van der Waals surface area (Å²) in [6.45, 7) is 4.58. The number of nitrogens with zero attached hydrogens (tertiary/aromatic N) is 1. The Morgan fingerprint density at radius 2 is 1.79 bits per heavy atom. The van der Waals surface area contributed by atoms with E-state index < -0.39 is 11.6 Å². The van der Waals surface area contributed by atoms with Crippen LogP contribution in [0.4, 0.5) is 0 Å². The molecule has 5 nitrogen and oxygen atoms in total.